The van der Waals surface area contributed by atoms with Crippen molar-refractivity contribution in [2.24, 2.45) is 0 Å². The van der Waals surface area contributed by atoms with E-state index in [9.17, 15) is 9.50 Å². The van der Waals surface area contributed by atoms with Crippen molar-refractivity contribution in [3.05, 3.63) is 50.7 Å². The van der Waals surface area contributed by atoms with Gasteiger partial charge in [0.25, 0.3) is 0 Å². The molecule has 1 aromatic carbocycles. The van der Waals surface area contributed by atoms with E-state index in [1.807, 2.05) is 12.3 Å². The maximum absolute atomic E-state index is 13.3. The molecule has 1 aromatic heterocycles. The third kappa shape index (κ3) is 3.98. The first-order chi connectivity index (χ1) is 9.06. The summed E-state index contributed by atoms with van der Waals surface area (Å²) in [5, 5.41) is 16.1. The summed E-state index contributed by atoms with van der Waals surface area (Å²) < 4.78 is 13.3. The first-order valence-electron chi connectivity index (χ1n) is 5.81. The van der Waals surface area contributed by atoms with Crippen LogP contribution < -0.4 is 5.32 Å². The van der Waals surface area contributed by atoms with Gasteiger partial charge < -0.3 is 10.4 Å². The zero-order valence-corrected chi connectivity index (χ0v) is 11.9. The molecule has 19 heavy (non-hydrogen) atoms. The van der Waals surface area contributed by atoms with E-state index in [1.54, 1.807) is 17.4 Å². The fourth-order valence-corrected chi connectivity index (χ4v) is 2.39. The lowest BCUT2D eigenvalue weighted by Crippen LogP contribution is -2.21. The Balaban J connectivity index is 1.86. The van der Waals surface area contributed by atoms with Crippen LogP contribution >= 0.6 is 22.9 Å². The van der Waals surface area contributed by atoms with Crippen molar-refractivity contribution < 1.29 is 9.50 Å². The third-order valence-electron chi connectivity index (χ3n) is 2.64. The summed E-state index contributed by atoms with van der Waals surface area (Å²) >= 11 is 7.18. The lowest BCUT2D eigenvalue weighted by Gasteiger charge is -2.12. The van der Waals surface area contributed by atoms with Crippen LogP contribution in [-0.2, 0) is 6.54 Å². The van der Waals surface area contributed by atoms with E-state index in [0.29, 0.717) is 18.7 Å². The Morgan fingerprint density at radius 3 is 2.95 bits per heavy atom. The highest BCUT2D eigenvalue weighted by atomic mass is 35.5. The average Bonchev–Trinajstić information content (AvgIpc) is 2.78. The lowest BCUT2D eigenvalue weighted by molar-refractivity contribution is 0.174. The number of aromatic nitrogens is 1. The number of nitrogens with zero attached hydrogens (tertiary/aromatic N) is 1. The molecule has 0 fully saturated rings. The summed E-state index contributed by atoms with van der Waals surface area (Å²) in [7, 11) is 0. The van der Waals surface area contributed by atoms with Gasteiger partial charge in [-0.3, -0.25) is 0 Å². The summed E-state index contributed by atoms with van der Waals surface area (Å²) in [4.78, 5) is 4.30. The highest BCUT2D eigenvalue weighted by Crippen LogP contribution is 2.20. The molecule has 2 rings (SSSR count). The number of aliphatic hydroxyl groups excluding tert-OH is 1. The summed E-state index contributed by atoms with van der Waals surface area (Å²) in [6.07, 6.45) is -0.772. The molecule has 0 bridgehead atoms. The predicted molar refractivity (Wildman–Crippen MR) is 74.9 cm³/mol. The Bertz CT molecular complexity index is 561. The van der Waals surface area contributed by atoms with Crippen LogP contribution in [0.4, 0.5) is 4.39 Å². The van der Waals surface area contributed by atoms with Gasteiger partial charge in [-0.15, -0.1) is 11.3 Å². The summed E-state index contributed by atoms with van der Waals surface area (Å²) in [5.74, 6) is -0.520. The van der Waals surface area contributed by atoms with Crippen LogP contribution in [0.3, 0.4) is 0 Å². The maximum atomic E-state index is 13.3. The first-order valence-corrected chi connectivity index (χ1v) is 7.07. The van der Waals surface area contributed by atoms with Crippen molar-refractivity contribution in [1.82, 2.24) is 10.3 Å². The van der Waals surface area contributed by atoms with Gasteiger partial charge in [-0.05, 0) is 24.6 Å². The minimum atomic E-state index is -0.772. The van der Waals surface area contributed by atoms with Crippen molar-refractivity contribution in [2.75, 3.05) is 6.54 Å². The van der Waals surface area contributed by atoms with Crippen molar-refractivity contribution >= 4 is 22.9 Å². The number of halogens is 2. The van der Waals surface area contributed by atoms with Crippen molar-refractivity contribution in [3.8, 4) is 0 Å². The van der Waals surface area contributed by atoms with E-state index in [0.717, 1.165) is 10.7 Å². The molecule has 0 aliphatic carbocycles. The summed E-state index contributed by atoms with van der Waals surface area (Å²) in [6.45, 7) is 2.86. The molecule has 0 spiro atoms. The van der Waals surface area contributed by atoms with Gasteiger partial charge in [0.1, 0.15) is 5.82 Å². The molecule has 0 amide bonds. The standard InChI is InChI=1S/C13H14ClFN2OS/c1-8-17-10(7-19-8)5-16-6-13(18)9-2-3-11(14)12(15)4-9/h2-4,7,13,16,18H,5-6H2,1H3/t13-/m0/s1. The van der Waals surface area contributed by atoms with Gasteiger partial charge >= 0.3 is 0 Å². The van der Waals surface area contributed by atoms with E-state index < -0.39 is 11.9 Å². The number of hydrogen-bond donors (Lipinski definition) is 2. The quantitative estimate of drug-likeness (QED) is 0.892. The second-order valence-electron chi connectivity index (χ2n) is 4.18. The van der Waals surface area contributed by atoms with Crippen LogP contribution in [0.15, 0.2) is 23.6 Å². The van der Waals surface area contributed by atoms with E-state index in [1.165, 1.54) is 12.1 Å². The molecule has 1 atom stereocenters. The Labute approximate surface area is 120 Å². The first kappa shape index (κ1) is 14.4. The number of hydrogen-bond acceptors (Lipinski definition) is 4. The number of rotatable bonds is 5. The fourth-order valence-electron chi connectivity index (χ4n) is 1.66. The van der Waals surface area contributed by atoms with Crippen LogP contribution in [-0.4, -0.2) is 16.6 Å². The minimum absolute atomic E-state index is 0.0573. The van der Waals surface area contributed by atoms with Crippen LogP contribution in [0, 0.1) is 12.7 Å². The van der Waals surface area contributed by atoms with Gasteiger partial charge in [0.2, 0.25) is 0 Å². The van der Waals surface area contributed by atoms with Crippen molar-refractivity contribution in [3.63, 3.8) is 0 Å². The molecule has 0 saturated carbocycles. The lowest BCUT2D eigenvalue weighted by atomic mass is 10.1. The largest absolute Gasteiger partial charge is 0.387 e. The number of thiazole rings is 1. The number of benzene rings is 1. The normalized spacial score (nSPS) is 12.6. The molecule has 0 radical (unpaired) electrons. The van der Waals surface area contributed by atoms with Gasteiger partial charge in [0, 0.05) is 18.5 Å². The van der Waals surface area contributed by atoms with E-state index in [-0.39, 0.29) is 5.02 Å². The van der Waals surface area contributed by atoms with Crippen molar-refractivity contribution in [1.29, 1.82) is 0 Å². The Morgan fingerprint density at radius 1 is 1.53 bits per heavy atom. The Hall–Kier alpha value is -1.01. The SMILES string of the molecule is Cc1nc(CNC[C@H](O)c2ccc(Cl)c(F)c2)cs1. The smallest absolute Gasteiger partial charge is 0.142 e. The highest BCUT2D eigenvalue weighted by molar-refractivity contribution is 7.09. The van der Waals surface area contributed by atoms with Crippen LogP contribution in [0.5, 0.6) is 0 Å². The molecule has 0 aliphatic heterocycles. The maximum Gasteiger partial charge on any atom is 0.142 e. The molecule has 0 aliphatic rings. The molecule has 1 heterocycles. The van der Waals surface area contributed by atoms with Gasteiger partial charge in [0.15, 0.2) is 0 Å². The predicted octanol–water partition coefficient (Wildman–Crippen LogP) is 3.07. The summed E-state index contributed by atoms with van der Waals surface area (Å²) in [5.41, 5.74) is 1.45. The molecule has 3 nitrogen and oxygen atoms in total. The molecule has 0 saturated heterocycles. The Morgan fingerprint density at radius 2 is 2.32 bits per heavy atom. The van der Waals surface area contributed by atoms with Gasteiger partial charge in [-0.2, -0.15) is 0 Å². The van der Waals surface area contributed by atoms with E-state index in [4.69, 9.17) is 11.6 Å². The zero-order valence-electron chi connectivity index (χ0n) is 10.4. The van der Waals surface area contributed by atoms with E-state index >= 15 is 0 Å². The molecular weight excluding hydrogens is 287 g/mol. The van der Waals surface area contributed by atoms with Gasteiger partial charge in [0.05, 0.1) is 21.8 Å². The molecule has 102 valence electrons. The summed E-state index contributed by atoms with van der Waals surface area (Å²) in [6, 6.07) is 4.31. The average molecular weight is 301 g/mol. The fraction of sp³-hybridized carbons (Fsp3) is 0.308. The van der Waals surface area contributed by atoms with Gasteiger partial charge in [-0.1, -0.05) is 17.7 Å². The second kappa shape index (κ2) is 6.43. The molecular formula is C13H14ClFN2OS. The molecule has 6 heteroatoms. The monoisotopic (exact) mass is 300 g/mol. The van der Waals surface area contributed by atoms with Crippen LogP contribution in [0.2, 0.25) is 5.02 Å². The highest BCUT2D eigenvalue weighted by Gasteiger charge is 2.10. The van der Waals surface area contributed by atoms with Crippen LogP contribution in [0.1, 0.15) is 22.4 Å². The van der Waals surface area contributed by atoms with Crippen LogP contribution in [0.25, 0.3) is 0 Å². The van der Waals surface area contributed by atoms with E-state index in [2.05, 4.69) is 10.3 Å². The molecule has 0 unspecified atom stereocenters. The Kier molecular flexibility index (Phi) is 4.87. The second-order valence-corrected chi connectivity index (χ2v) is 5.65. The zero-order chi connectivity index (χ0) is 13.8. The minimum Gasteiger partial charge on any atom is -0.387 e. The number of nitrogens with one attached hydrogen (secondary N) is 1. The number of aliphatic hydroxyl groups is 1. The topological polar surface area (TPSA) is 45.2 Å². The molecule has 2 aromatic rings. The van der Waals surface area contributed by atoms with Gasteiger partial charge in [-0.25, -0.2) is 9.37 Å². The number of aryl methyl sites for hydroxylation is 1. The molecule has 2 N–H and O–H groups in total. The third-order valence-corrected chi connectivity index (χ3v) is 3.77. The van der Waals surface area contributed by atoms with Crippen molar-refractivity contribution in [2.45, 2.75) is 19.6 Å².